The minimum atomic E-state index is -1.17. The van der Waals surface area contributed by atoms with E-state index in [0.717, 1.165) is 19.3 Å². The molecule has 0 spiro atoms. The molecule has 111 valence electrons. The van der Waals surface area contributed by atoms with Gasteiger partial charge < -0.3 is 20.4 Å². The maximum atomic E-state index is 10.3. The lowest BCUT2D eigenvalue weighted by atomic mass is 9.66. The zero-order chi connectivity index (χ0) is 14.2. The summed E-state index contributed by atoms with van der Waals surface area (Å²) in [5, 5.41) is 38.9. The normalized spacial score (nSPS) is 47.1. The van der Waals surface area contributed by atoms with Gasteiger partial charge in [-0.3, -0.25) is 0 Å². The maximum absolute atomic E-state index is 10.3. The molecule has 0 aromatic carbocycles. The van der Waals surface area contributed by atoms with Crippen LogP contribution in [0.3, 0.4) is 0 Å². The van der Waals surface area contributed by atoms with Crippen LogP contribution in [-0.2, 0) is 0 Å². The summed E-state index contributed by atoms with van der Waals surface area (Å²) >= 11 is 1.43. The molecule has 2 aliphatic rings. The highest BCUT2D eigenvalue weighted by Gasteiger charge is 2.49. The van der Waals surface area contributed by atoms with E-state index in [-0.39, 0.29) is 23.2 Å². The summed E-state index contributed by atoms with van der Waals surface area (Å²) in [5.74, 6) is 0.262. The van der Waals surface area contributed by atoms with Crippen LogP contribution in [0, 0.1) is 17.8 Å². The highest BCUT2D eigenvalue weighted by atomic mass is 32.2. The first-order valence-electron chi connectivity index (χ1n) is 7.00. The van der Waals surface area contributed by atoms with Crippen molar-refractivity contribution in [1.82, 2.24) is 0 Å². The molecule has 0 amide bonds. The minimum absolute atomic E-state index is 0.107. The Morgan fingerprint density at radius 1 is 1.16 bits per heavy atom. The molecular weight excluding hydrogens is 264 g/mol. The Bertz CT molecular complexity index is 308. The fraction of sp³-hybridized carbons (Fsp3) is 0.929. The van der Waals surface area contributed by atoms with Gasteiger partial charge in [-0.1, -0.05) is 13.8 Å². The molecule has 1 unspecified atom stereocenters. The third-order valence-electron chi connectivity index (χ3n) is 4.74. The number of aliphatic hydroxyl groups excluding tert-OH is 4. The van der Waals surface area contributed by atoms with E-state index in [2.05, 4.69) is 20.3 Å². The second-order valence-corrected chi connectivity index (χ2v) is 7.87. The fourth-order valence-electron chi connectivity index (χ4n) is 3.32. The SMILES string of the molecule is CC1(C)CC[CH]CC1[C@@H]1S[C@H](CO)[C@H](O)[C@H](O)[C@H]1O. The Labute approximate surface area is 119 Å². The van der Waals surface area contributed by atoms with Crippen molar-refractivity contribution in [2.24, 2.45) is 11.3 Å². The fourth-order valence-corrected chi connectivity index (χ4v) is 5.12. The van der Waals surface area contributed by atoms with E-state index >= 15 is 0 Å². The summed E-state index contributed by atoms with van der Waals surface area (Å²) in [6.45, 7) is 4.22. The summed E-state index contributed by atoms with van der Waals surface area (Å²) < 4.78 is 0. The quantitative estimate of drug-likeness (QED) is 0.598. The van der Waals surface area contributed by atoms with Crippen molar-refractivity contribution < 1.29 is 20.4 Å². The van der Waals surface area contributed by atoms with E-state index in [0.29, 0.717) is 0 Å². The van der Waals surface area contributed by atoms with Crippen LogP contribution in [0.5, 0.6) is 0 Å². The highest BCUT2D eigenvalue weighted by Crippen LogP contribution is 2.49. The van der Waals surface area contributed by atoms with Crippen molar-refractivity contribution in [2.45, 2.75) is 61.9 Å². The summed E-state index contributed by atoms with van der Waals surface area (Å²) in [4.78, 5) is 0. The zero-order valence-corrected chi connectivity index (χ0v) is 12.4. The van der Waals surface area contributed by atoms with E-state index < -0.39 is 23.6 Å². The van der Waals surface area contributed by atoms with Crippen LogP contribution in [-0.4, -0.2) is 55.8 Å². The molecule has 4 N–H and O–H groups in total. The van der Waals surface area contributed by atoms with Gasteiger partial charge in [-0.05, 0) is 37.0 Å². The monoisotopic (exact) mass is 289 g/mol. The first kappa shape index (κ1) is 15.6. The van der Waals surface area contributed by atoms with Crippen LogP contribution < -0.4 is 0 Å². The standard InChI is InChI=1S/C14H25O4S/c1-14(2)6-4-3-5-8(14)13-12(18)11(17)10(16)9(7-15)19-13/h3,8-13,15-18H,4-7H2,1-2H3/t8?,9-,10+,11+,12-,13+/m1/s1. The molecule has 19 heavy (non-hydrogen) atoms. The maximum Gasteiger partial charge on any atom is 0.108 e. The van der Waals surface area contributed by atoms with Gasteiger partial charge in [0.25, 0.3) is 0 Å². The van der Waals surface area contributed by atoms with Gasteiger partial charge in [0, 0.05) is 5.25 Å². The van der Waals surface area contributed by atoms with Crippen molar-refractivity contribution >= 4 is 11.8 Å². The molecule has 2 fully saturated rings. The second-order valence-electron chi connectivity index (χ2n) is 6.45. The van der Waals surface area contributed by atoms with Gasteiger partial charge in [0.15, 0.2) is 0 Å². The van der Waals surface area contributed by atoms with E-state index in [1.807, 2.05) is 0 Å². The predicted molar refractivity (Wildman–Crippen MR) is 75.7 cm³/mol. The predicted octanol–water partition coefficient (Wildman–Crippen LogP) is 0.576. The Morgan fingerprint density at radius 2 is 1.84 bits per heavy atom. The van der Waals surface area contributed by atoms with Crippen molar-refractivity contribution in [3.8, 4) is 0 Å². The van der Waals surface area contributed by atoms with Gasteiger partial charge in [0.2, 0.25) is 0 Å². The largest absolute Gasteiger partial charge is 0.395 e. The summed E-state index contributed by atoms with van der Waals surface area (Å²) in [5.41, 5.74) is 0.107. The number of rotatable bonds is 2. The zero-order valence-electron chi connectivity index (χ0n) is 11.6. The van der Waals surface area contributed by atoms with E-state index in [1.165, 1.54) is 11.8 Å². The van der Waals surface area contributed by atoms with Gasteiger partial charge in [-0.2, -0.15) is 0 Å². The molecule has 1 saturated heterocycles. The van der Waals surface area contributed by atoms with Crippen molar-refractivity contribution in [1.29, 1.82) is 0 Å². The Balaban J connectivity index is 2.17. The minimum Gasteiger partial charge on any atom is -0.395 e. The molecule has 1 aliphatic heterocycles. The van der Waals surface area contributed by atoms with Crippen LogP contribution in [0.1, 0.15) is 33.1 Å². The molecule has 1 aliphatic carbocycles. The van der Waals surface area contributed by atoms with E-state index in [9.17, 15) is 20.4 Å². The molecule has 2 rings (SSSR count). The number of aliphatic hydroxyl groups is 4. The lowest BCUT2D eigenvalue weighted by molar-refractivity contribution is -0.0814. The average molecular weight is 289 g/mol. The average Bonchev–Trinajstić information content (AvgIpc) is 2.37. The van der Waals surface area contributed by atoms with Crippen LogP contribution in [0.15, 0.2) is 0 Å². The topological polar surface area (TPSA) is 80.9 Å². The van der Waals surface area contributed by atoms with Crippen LogP contribution >= 0.6 is 11.8 Å². The van der Waals surface area contributed by atoms with Crippen LogP contribution in [0.2, 0.25) is 0 Å². The smallest absolute Gasteiger partial charge is 0.108 e. The molecule has 5 heteroatoms. The van der Waals surface area contributed by atoms with Crippen LogP contribution in [0.4, 0.5) is 0 Å². The molecule has 0 aromatic rings. The molecule has 0 aromatic heterocycles. The third kappa shape index (κ3) is 2.95. The van der Waals surface area contributed by atoms with E-state index in [1.54, 1.807) is 0 Å². The first-order chi connectivity index (χ1) is 8.88. The van der Waals surface area contributed by atoms with Gasteiger partial charge in [0.05, 0.1) is 24.1 Å². The molecule has 0 bridgehead atoms. The van der Waals surface area contributed by atoms with Crippen molar-refractivity contribution in [2.75, 3.05) is 6.61 Å². The molecule has 4 nitrogen and oxygen atoms in total. The molecule has 1 saturated carbocycles. The molecular formula is C14H25O4S. The van der Waals surface area contributed by atoms with Crippen molar-refractivity contribution in [3.05, 3.63) is 6.42 Å². The summed E-state index contributed by atoms with van der Waals surface area (Å²) in [7, 11) is 0. The summed E-state index contributed by atoms with van der Waals surface area (Å²) in [6, 6.07) is 0. The Hall–Kier alpha value is 0.190. The Kier molecular flexibility index (Phi) is 4.83. The number of thioether (sulfide) groups is 1. The molecule has 6 atom stereocenters. The van der Waals surface area contributed by atoms with E-state index in [4.69, 9.17) is 0 Å². The number of hydrogen-bond acceptors (Lipinski definition) is 5. The van der Waals surface area contributed by atoms with Gasteiger partial charge in [-0.15, -0.1) is 11.8 Å². The summed E-state index contributed by atoms with van der Waals surface area (Å²) in [6.07, 6.45) is 2.17. The van der Waals surface area contributed by atoms with Gasteiger partial charge in [-0.25, -0.2) is 0 Å². The number of hydrogen-bond donors (Lipinski definition) is 4. The molecule has 1 heterocycles. The molecule has 1 radical (unpaired) electrons. The second kappa shape index (κ2) is 5.90. The highest BCUT2D eigenvalue weighted by molar-refractivity contribution is 8.00. The Morgan fingerprint density at radius 3 is 2.42 bits per heavy atom. The lowest BCUT2D eigenvalue weighted by Crippen LogP contribution is -2.57. The van der Waals surface area contributed by atoms with Gasteiger partial charge in [0.1, 0.15) is 6.10 Å². The third-order valence-corrected chi connectivity index (χ3v) is 6.44. The van der Waals surface area contributed by atoms with Crippen LogP contribution in [0.25, 0.3) is 0 Å². The van der Waals surface area contributed by atoms with Crippen molar-refractivity contribution in [3.63, 3.8) is 0 Å². The van der Waals surface area contributed by atoms with Gasteiger partial charge >= 0.3 is 0 Å². The lowest BCUT2D eigenvalue weighted by Gasteiger charge is -2.49. The first-order valence-corrected chi connectivity index (χ1v) is 7.95.